The maximum Gasteiger partial charge on any atom is 0.171 e. The summed E-state index contributed by atoms with van der Waals surface area (Å²) in [5, 5.41) is 8.86. The largest absolute Gasteiger partial charge is 0.293 e. The molecule has 0 saturated heterocycles. The molecule has 1 unspecified atom stereocenters. The van der Waals surface area contributed by atoms with Crippen LogP contribution < -0.4 is 0 Å². The molecule has 100 valence electrons. The molecule has 2 nitrogen and oxygen atoms in total. The molecular formula is C16H11F2NO. The van der Waals surface area contributed by atoms with Crippen LogP contribution in [0, 0.1) is 23.0 Å². The van der Waals surface area contributed by atoms with E-state index in [1.165, 1.54) is 6.07 Å². The van der Waals surface area contributed by atoms with Crippen LogP contribution in [0.15, 0.2) is 48.5 Å². The van der Waals surface area contributed by atoms with Crippen LogP contribution in [-0.2, 0) is 0 Å². The fourth-order valence-electron chi connectivity index (χ4n) is 1.99. The predicted octanol–water partition coefficient (Wildman–Crippen LogP) is 3.84. The van der Waals surface area contributed by atoms with E-state index in [2.05, 4.69) is 0 Å². The van der Waals surface area contributed by atoms with Crippen LogP contribution in [0.1, 0.15) is 28.3 Å². The third-order valence-corrected chi connectivity index (χ3v) is 3.02. The van der Waals surface area contributed by atoms with Crippen LogP contribution in [0.3, 0.4) is 0 Å². The van der Waals surface area contributed by atoms with E-state index in [1.54, 1.807) is 30.3 Å². The Morgan fingerprint density at radius 3 is 2.40 bits per heavy atom. The summed E-state index contributed by atoms with van der Waals surface area (Å²) in [6.07, 6.45) is -0.0121. The first-order chi connectivity index (χ1) is 9.63. The third kappa shape index (κ3) is 2.89. The smallest absolute Gasteiger partial charge is 0.171 e. The highest BCUT2D eigenvalue weighted by Crippen LogP contribution is 2.24. The average Bonchev–Trinajstić information content (AvgIpc) is 2.48. The molecule has 0 aromatic heterocycles. The minimum atomic E-state index is -1.07. The second-order valence-electron chi connectivity index (χ2n) is 4.32. The number of hydrogen-bond acceptors (Lipinski definition) is 2. The molecule has 0 N–H and O–H groups in total. The van der Waals surface area contributed by atoms with E-state index in [0.717, 1.165) is 12.1 Å². The van der Waals surface area contributed by atoms with Gasteiger partial charge in [-0.15, -0.1) is 0 Å². The van der Waals surface area contributed by atoms with Gasteiger partial charge in [0.25, 0.3) is 0 Å². The molecule has 1 atom stereocenters. The van der Waals surface area contributed by atoms with Crippen molar-refractivity contribution in [3.05, 3.63) is 71.3 Å². The molecule has 2 aromatic rings. The van der Waals surface area contributed by atoms with Gasteiger partial charge in [-0.25, -0.2) is 8.78 Å². The van der Waals surface area contributed by atoms with E-state index < -0.39 is 23.3 Å². The van der Waals surface area contributed by atoms with E-state index in [0.29, 0.717) is 5.56 Å². The van der Waals surface area contributed by atoms with Crippen molar-refractivity contribution in [1.29, 1.82) is 5.26 Å². The molecule has 4 heteroatoms. The van der Waals surface area contributed by atoms with Gasteiger partial charge in [0, 0.05) is 12.0 Å². The van der Waals surface area contributed by atoms with Gasteiger partial charge >= 0.3 is 0 Å². The summed E-state index contributed by atoms with van der Waals surface area (Å²) in [4.78, 5) is 12.4. The Morgan fingerprint density at radius 2 is 1.80 bits per heavy atom. The van der Waals surface area contributed by atoms with Gasteiger partial charge in [-0.05, 0) is 23.8 Å². The van der Waals surface area contributed by atoms with Crippen LogP contribution in [0.25, 0.3) is 0 Å². The molecular weight excluding hydrogens is 260 g/mol. The molecule has 0 radical (unpaired) electrons. The van der Waals surface area contributed by atoms with Crippen LogP contribution in [0.2, 0.25) is 0 Å². The van der Waals surface area contributed by atoms with E-state index in [9.17, 15) is 13.6 Å². The Balaban J connectivity index is 2.37. The monoisotopic (exact) mass is 271 g/mol. The number of rotatable bonds is 4. The van der Waals surface area contributed by atoms with Gasteiger partial charge in [-0.1, -0.05) is 30.3 Å². The number of nitriles is 1. The van der Waals surface area contributed by atoms with Crippen molar-refractivity contribution in [2.45, 2.75) is 12.3 Å². The fourth-order valence-corrected chi connectivity index (χ4v) is 1.99. The highest BCUT2D eigenvalue weighted by molar-refractivity contribution is 6.01. The van der Waals surface area contributed by atoms with E-state index in [1.807, 2.05) is 6.07 Å². The average molecular weight is 271 g/mol. The van der Waals surface area contributed by atoms with Gasteiger partial charge in [-0.2, -0.15) is 5.26 Å². The zero-order valence-electron chi connectivity index (χ0n) is 10.5. The number of nitrogens with zero attached hydrogens (tertiary/aromatic N) is 1. The van der Waals surface area contributed by atoms with Crippen molar-refractivity contribution < 1.29 is 13.6 Å². The highest BCUT2D eigenvalue weighted by Gasteiger charge is 2.22. The van der Waals surface area contributed by atoms with Gasteiger partial charge in [-0.3, -0.25) is 4.79 Å². The molecule has 20 heavy (non-hydrogen) atoms. The summed E-state index contributed by atoms with van der Waals surface area (Å²) in [5.74, 6) is -3.14. The second kappa shape index (κ2) is 6.07. The lowest BCUT2D eigenvalue weighted by atomic mass is 9.88. The van der Waals surface area contributed by atoms with Crippen LogP contribution in [0.5, 0.6) is 0 Å². The Hall–Kier alpha value is -2.54. The van der Waals surface area contributed by atoms with E-state index in [4.69, 9.17) is 5.26 Å². The summed E-state index contributed by atoms with van der Waals surface area (Å²) >= 11 is 0. The predicted molar refractivity (Wildman–Crippen MR) is 70.1 cm³/mol. The first-order valence-corrected chi connectivity index (χ1v) is 6.04. The number of carbonyl (C=O) groups is 1. The van der Waals surface area contributed by atoms with Gasteiger partial charge in [0.05, 0.1) is 12.0 Å². The quantitative estimate of drug-likeness (QED) is 0.792. The van der Waals surface area contributed by atoms with Crippen molar-refractivity contribution in [1.82, 2.24) is 0 Å². The number of Topliss-reactive ketones (excluding diaryl/α,β-unsaturated/α-hetero) is 1. The number of hydrogen-bond donors (Lipinski definition) is 0. The van der Waals surface area contributed by atoms with E-state index in [-0.39, 0.29) is 12.0 Å². The first-order valence-electron chi connectivity index (χ1n) is 6.04. The van der Waals surface area contributed by atoms with Gasteiger partial charge in [0.2, 0.25) is 0 Å². The Labute approximate surface area is 115 Å². The Bertz CT molecular complexity index is 662. The highest BCUT2D eigenvalue weighted by atomic mass is 19.2. The lowest BCUT2D eigenvalue weighted by Gasteiger charge is -2.13. The van der Waals surface area contributed by atoms with Crippen molar-refractivity contribution in [2.24, 2.45) is 0 Å². The number of halogens is 2. The molecule has 0 fully saturated rings. The molecule has 0 saturated carbocycles. The second-order valence-corrected chi connectivity index (χ2v) is 4.32. The number of ketones is 1. The number of benzene rings is 2. The maximum atomic E-state index is 13.2. The zero-order chi connectivity index (χ0) is 14.5. The topological polar surface area (TPSA) is 40.9 Å². The SMILES string of the molecule is N#CCC(C(=O)c1ccc(F)c(F)c1)c1ccccc1. The molecule has 0 bridgehead atoms. The summed E-state index contributed by atoms with van der Waals surface area (Å²) in [6.45, 7) is 0. The van der Waals surface area contributed by atoms with Crippen LogP contribution in [-0.4, -0.2) is 5.78 Å². The molecule has 0 spiro atoms. The lowest BCUT2D eigenvalue weighted by molar-refractivity contribution is 0.0960. The zero-order valence-corrected chi connectivity index (χ0v) is 10.5. The van der Waals surface area contributed by atoms with Crippen LogP contribution in [0.4, 0.5) is 8.78 Å². The molecule has 2 rings (SSSR count). The molecule has 0 aliphatic rings. The summed E-state index contributed by atoms with van der Waals surface area (Å²) in [6, 6.07) is 13.8. The summed E-state index contributed by atoms with van der Waals surface area (Å²) in [7, 11) is 0. The third-order valence-electron chi connectivity index (χ3n) is 3.02. The normalized spacial score (nSPS) is 11.7. The molecule has 2 aromatic carbocycles. The van der Waals surface area contributed by atoms with Crippen molar-refractivity contribution >= 4 is 5.78 Å². The Morgan fingerprint density at radius 1 is 1.10 bits per heavy atom. The maximum absolute atomic E-state index is 13.2. The minimum Gasteiger partial charge on any atom is -0.293 e. The van der Waals surface area contributed by atoms with Gasteiger partial charge in [0.15, 0.2) is 17.4 Å². The molecule has 0 aliphatic heterocycles. The minimum absolute atomic E-state index is 0.0121. The molecule has 0 heterocycles. The van der Waals surface area contributed by atoms with E-state index >= 15 is 0 Å². The Kier molecular flexibility index (Phi) is 4.21. The summed E-state index contributed by atoms with van der Waals surface area (Å²) < 4.78 is 26.1. The van der Waals surface area contributed by atoms with Crippen LogP contribution >= 0.6 is 0 Å². The fraction of sp³-hybridized carbons (Fsp3) is 0.125. The van der Waals surface area contributed by atoms with Gasteiger partial charge in [0.1, 0.15) is 0 Å². The lowest BCUT2D eigenvalue weighted by Crippen LogP contribution is -2.13. The molecule has 0 aliphatic carbocycles. The number of carbonyl (C=O) groups excluding carboxylic acids is 1. The summed E-state index contributed by atoms with van der Waals surface area (Å²) in [5.41, 5.74) is 0.747. The van der Waals surface area contributed by atoms with Crippen molar-refractivity contribution in [2.75, 3.05) is 0 Å². The standard InChI is InChI=1S/C16H11F2NO/c17-14-7-6-12(10-15(14)18)16(20)13(8-9-19)11-4-2-1-3-5-11/h1-7,10,13H,8H2. The van der Waals surface area contributed by atoms with Crippen molar-refractivity contribution in [3.8, 4) is 6.07 Å². The molecule has 0 amide bonds. The van der Waals surface area contributed by atoms with Crippen molar-refractivity contribution in [3.63, 3.8) is 0 Å². The van der Waals surface area contributed by atoms with Gasteiger partial charge < -0.3 is 0 Å². The first kappa shape index (κ1) is 13.9.